The fraction of sp³-hybridized carbons (Fsp3) is 0.389. The smallest absolute Gasteiger partial charge is 0.144 e. The number of imidazole rings is 1. The molecule has 6 nitrogen and oxygen atoms in total. The topological polar surface area (TPSA) is 58.9 Å². The monoisotopic (exact) mass is 322 g/mol. The zero-order valence-electron chi connectivity index (χ0n) is 14.1. The largest absolute Gasteiger partial charge is 0.372 e. The lowest BCUT2D eigenvalue weighted by Crippen LogP contribution is -2.25. The molecule has 6 heteroatoms. The van der Waals surface area contributed by atoms with E-state index in [0.29, 0.717) is 6.04 Å². The number of aryl methyl sites for hydroxylation is 1. The van der Waals surface area contributed by atoms with Crippen molar-refractivity contribution >= 4 is 16.9 Å². The summed E-state index contributed by atoms with van der Waals surface area (Å²) in [6.07, 6.45) is 5.94. The van der Waals surface area contributed by atoms with E-state index in [1.165, 1.54) is 11.9 Å². The molecule has 0 amide bonds. The molecule has 1 atom stereocenters. The summed E-state index contributed by atoms with van der Waals surface area (Å²) in [4.78, 5) is 16.3. The highest BCUT2D eigenvalue weighted by atomic mass is 15.2. The van der Waals surface area contributed by atoms with Crippen LogP contribution in [0.15, 0.2) is 36.7 Å². The van der Waals surface area contributed by atoms with Crippen LogP contribution in [0.25, 0.3) is 11.0 Å². The summed E-state index contributed by atoms with van der Waals surface area (Å²) in [7, 11) is 3.97. The maximum atomic E-state index is 4.81. The van der Waals surface area contributed by atoms with E-state index in [9.17, 15) is 0 Å². The summed E-state index contributed by atoms with van der Waals surface area (Å²) in [5.41, 5.74) is 3.28. The van der Waals surface area contributed by atoms with Gasteiger partial charge in [-0.3, -0.25) is 9.88 Å². The van der Waals surface area contributed by atoms with Crippen molar-refractivity contribution in [3.05, 3.63) is 48.2 Å². The van der Waals surface area contributed by atoms with Gasteiger partial charge < -0.3 is 9.88 Å². The van der Waals surface area contributed by atoms with Crippen molar-refractivity contribution in [2.75, 3.05) is 18.9 Å². The van der Waals surface area contributed by atoms with Gasteiger partial charge in [0.25, 0.3) is 0 Å². The maximum absolute atomic E-state index is 4.81. The van der Waals surface area contributed by atoms with Gasteiger partial charge >= 0.3 is 0 Å². The van der Waals surface area contributed by atoms with Crippen LogP contribution < -0.4 is 5.32 Å². The quantitative estimate of drug-likeness (QED) is 0.800. The van der Waals surface area contributed by atoms with E-state index in [-0.39, 0.29) is 0 Å². The van der Waals surface area contributed by atoms with Crippen LogP contribution in [-0.4, -0.2) is 38.0 Å². The van der Waals surface area contributed by atoms with E-state index in [1.54, 1.807) is 6.20 Å². The first-order chi connectivity index (χ1) is 11.8. The molecule has 0 radical (unpaired) electrons. The number of rotatable bonds is 4. The van der Waals surface area contributed by atoms with Crippen LogP contribution in [0.1, 0.15) is 30.4 Å². The molecule has 1 aliphatic heterocycles. The van der Waals surface area contributed by atoms with Crippen molar-refractivity contribution in [3.8, 4) is 0 Å². The fourth-order valence-corrected chi connectivity index (χ4v) is 3.53. The summed E-state index contributed by atoms with van der Waals surface area (Å²) in [6, 6.07) is 8.60. The Morgan fingerprint density at radius 2 is 2.08 bits per heavy atom. The van der Waals surface area contributed by atoms with Crippen molar-refractivity contribution < 1.29 is 0 Å². The fourth-order valence-electron chi connectivity index (χ4n) is 3.53. The highest BCUT2D eigenvalue weighted by Gasteiger charge is 2.28. The molecule has 3 aromatic rings. The van der Waals surface area contributed by atoms with Gasteiger partial charge in [0.15, 0.2) is 0 Å². The number of para-hydroxylation sites is 2. The van der Waals surface area contributed by atoms with Crippen LogP contribution in [0, 0.1) is 0 Å². The number of hydrogen-bond donors (Lipinski definition) is 1. The third kappa shape index (κ3) is 2.63. The molecule has 0 saturated carbocycles. The van der Waals surface area contributed by atoms with E-state index in [2.05, 4.69) is 50.0 Å². The van der Waals surface area contributed by atoms with E-state index in [1.807, 2.05) is 19.3 Å². The molecule has 0 aliphatic carbocycles. The SMILES string of the molecule is CNc1cncc(C2CCCN2Cc2nc3ccccc3n2C)n1. The summed E-state index contributed by atoms with van der Waals surface area (Å²) in [5, 5.41) is 3.07. The first kappa shape index (κ1) is 15.1. The Balaban J connectivity index is 1.61. The molecule has 1 aliphatic rings. The van der Waals surface area contributed by atoms with Crippen LogP contribution in [0.3, 0.4) is 0 Å². The average Bonchev–Trinajstić information content (AvgIpc) is 3.21. The predicted octanol–water partition coefficient (Wildman–Crippen LogP) is 2.74. The van der Waals surface area contributed by atoms with Gasteiger partial charge in [0.1, 0.15) is 11.6 Å². The number of aromatic nitrogens is 4. The minimum Gasteiger partial charge on any atom is -0.372 e. The van der Waals surface area contributed by atoms with E-state index in [4.69, 9.17) is 4.98 Å². The van der Waals surface area contributed by atoms with Crippen molar-refractivity contribution in [2.45, 2.75) is 25.4 Å². The first-order valence-electron chi connectivity index (χ1n) is 8.40. The van der Waals surface area contributed by atoms with Gasteiger partial charge in [-0.1, -0.05) is 12.1 Å². The first-order valence-corrected chi connectivity index (χ1v) is 8.40. The highest BCUT2D eigenvalue weighted by molar-refractivity contribution is 5.75. The Hall–Kier alpha value is -2.47. The minimum absolute atomic E-state index is 0.311. The van der Waals surface area contributed by atoms with Crippen molar-refractivity contribution in [1.29, 1.82) is 0 Å². The molecule has 124 valence electrons. The number of anilines is 1. The molecule has 2 aromatic heterocycles. The number of hydrogen-bond acceptors (Lipinski definition) is 5. The molecule has 0 spiro atoms. The van der Waals surface area contributed by atoms with Gasteiger partial charge in [0, 0.05) is 14.1 Å². The zero-order chi connectivity index (χ0) is 16.5. The van der Waals surface area contributed by atoms with Crippen LogP contribution >= 0.6 is 0 Å². The molecule has 3 heterocycles. The molecular weight excluding hydrogens is 300 g/mol. The number of fused-ring (bicyclic) bond motifs is 1. The second-order valence-corrected chi connectivity index (χ2v) is 6.28. The van der Waals surface area contributed by atoms with Gasteiger partial charge in [-0.15, -0.1) is 0 Å². The van der Waals surface area contributed by atoms with Gasteiger partial charge in [0.2, 0.25) is 0 Å². The number of nitrogens with zero attached hydrogens (tertiary/aromatic N) is 5. The summed E-state index contributed by atoms with van der Waals surface area (Å²) < 4.78 is 2.19. The molecule has 1 N–H and O–H groups in total. The Morgan fingerprint density at radius 1 is 1.21 bits per heavy atom. The molecular formula is C18H22N6. The van der Waals surface area contributed by atoms with Gasteiger partial charge in [-0.25, -0.2) is 9.97 Å². The third-order valence-electron chi connectivity index (χ3n) is 4.84. The second kappa shape index (κ2) is 6.20. The second-order valence-electron chi connectivity index (χ2n) is 6.28. The van der Waals surface area contributed by atoms with E-state index < -0.39 is 0 Å². The Kier molecular flexibility index (Phi) is 3.90. The normalized spacial score (nSPS) is 18.3. The molecule has 1 aromatic carbocycles. The number of benzene rings is 1. The Labute approximate surface area is 141 Å². The standard InChI is InChI=1S/C18H22N6/c1-19-17-11-20-10-14(21-17)16-8-5-9-24(16)12-18-22-13-6-3-4-7-15(13)23(18)2/h3-4,6-7,10-11,16H,5,8-9,12H2,1-2H3,(H,19,21). The zero-order valence-corrected chi connectivity index (χ0v) is 14.1. The van der Waals surface area contributed by atoms with Crippen LogP contribution in [0.4, 0.5) is 5.82 Å². The van der Waals surface area contributed by atoms with Crippen molar-refractivity contribution in [1.82, 2.24) is 24.4 Å². The van der Waals surface area contributed by atoms with Crippen LogP contribution in [-0.2, 0) is 13.6 Å². The lowest BCUT2D eigenvalue weighted by molar-refractivity contribution is 0.236. The third-order valence-corrected chi connectivity index (χ3v) is 4.84. The summed E-state index contributed by atoms with van der Waals surface area (Å²) >= 11 is 0. The van der Waals surface area contributed by atoms with E-state index in [0.717, 1.165) is 42.4 Å². The van der Waals surface area contributed by atoms with E-state index >= 15 is 0 Å². The average molecular weight is 322 g/mol. The van der Waals surface area contributed by atoms with Crippen LogP contribution in [0.2, 0.25) is 0 Å². The molecule has 4 rings (SSSR count). The van der Waals surface area contributed by atoms with Crippen LogP contribution in [0.5, 0.6) is 0 Å². The Morgan fingerprint density at radius 3 is 2.92 bits per heavy atom. The summed E-state index contributed by atoms with van der Waals surface area (Å²) in [6.45, 7) is 1.90. The van der Waals surface area contributed by atoms with Gasteiger partial charge in [0.05, 0.1) is 41.7 Å². The molecule has 1 unspecified atom stereocenters. The highest BCUT2D eigenvalue weighted by Crippen LogP contribution is 2.32. The number of likely N-dealkylation sites (tertiary alicyclic amines) is 1. The lowest BCUT2D eigenvalue weighted by atomic mass is 10.1. The number of nitrogens with one attached hydrogen (secondary N) is 1. The Bertz CT molecular complexity index is 856. The lowest BCUT2D eigenvalue weighted by Gasteiger charge is -2.23. The summed E-state index contributed by atoms with van der Waals surface area (Å²) in [5.74, 6) is 1.92. The minimum atomic E-state index is 0.311. The van der Waals surface area contributed by atoms with Crippen molar-refractivity contribution in [2.24, 2.45) is 7.05 Å². The maximum Gasteiger partial charge on any atom is 0.144 e. The van der Waals surface area contributed by atoms with Crippen molar-refractivity contribution in [3.63, 3.8) is 0 Å². The van der Waals surface area contributed by atoms with Gasteiger partial charge in [-0.05, 0) is 31.5 Å². The molecule has 1 saturated heterocycles. The molecule has 0 bridgehead atoms. The molecule has 24 heavy (non-hydrogen) atoms. The van der Waals surface area contributed by atoms with Gasteiger partial charge in [-0.2, -0.15) is 0 Å². The predicted molar refractivity (Wildman–Crippen MR) is 94.7 cm³/mol. The molecule has 1 fully saturated rings.